The van der Waals surface area contributed by atoms with Crippen LogP contribution in [0.5, 0.6) is 0 Å². The zero-order valence-electron chi connectivity index (χ0n) is 15.5. The third-order valence-electron chi connectivity index (χ3n) is 4.84. The van der Waals surface area contributed by atoms with Gasteiger partial charge in [0.15, 0.2) is 5.96 Å². The summed E-state index contributed by atoms with van der Waals surface area (Å²) in [5, 5.41) is 7.79. The average Bonchev–Trinajstić information content (AvgIpc) is 3.19. The fourth-order valence-corrected chi connectivity index (χ4v) is 4.34. The van der Waals surface area contributed by atoms with Gasteiger partial charge in [0.05, 0.1) is 17.6 Å². The van der Waals surface area contributed by atoms with E-state index in [0.29, 0.717) is 6.04 Å². The Morgan fingerprint density at radius 1 is 1.36 bits per heavy atom. The summed E-state index contributed by atoms with van der Waals surface area (Å²) in [6.45, 7) is 6.66. The number of guanidine groups is 1. The summed E-state index contributed by atoms with van der Waals surface area (Å²) in [6, 6.07) is 8.84. The van der Waals surface area contributed by atoms with Crippen LogP contribution in [0.3, 0.4) is 0 Å². The van der Waals surface area contributed by atoms with E-state index < -0.39 is 0 Å². The van der Waals surface area contributed by atoms with Crippen LogP contribution in [0.25, 0.3) is 11.0 Å². The molecule has 1 aromatic heterocycles. The molecule has 1 aromatic carbocycles. The molecule has 1 aliphatic rings. The summed E-state index contributed by atoms with van der Waals surface area (Å²) >= 11 is 1.98. The highest BCUT2D eigenvalue weighted by atomic mass is 32.2. The molecule has 2 N–H and O–H groups in total. The van der Waals surface area contributed by atoms with Crippen molar-refractivity contribution < 1.29 is 0 Å². The van der Waals surface area contributed by atoms with Crippen LogP contribution >= 0.6 is 11.8 Å². The molecule has 136 valence electrons. The molecule has 0 aliphatic heterocycles. The minimum atomic E-state index is 0.547. The van der Waals surface area contributed by atoms with Gasteiger partial charge in [0.2, 0.25) is 0 Å². The summed E-state index contributed by atoms with van der Waals surface area (Å²) in [5.74, 6) is 1.99. The van der Waals surface area contributed by atoms with Crippen molar-refractivity contribution in [2.45, 2.75) is 50.9 Å². The van der Waals surface area contributed by atoms with Gasteiger partial charge in [-0.25, -0.2) is 4.98 Å². The molecule has 2 unspecified atom stereocenters. The van der Waals surface area contributed by atoms with Crippen molar-refractivity contribution in [3.63, 3.8) is 0 Å². The molecule has 1 saturated carbocycles. The van der Waals surface area contributed by atoms with E-state index in [1.165, 1.54) is 24.8 Å². The third-order valence-corrected chi connectivity index (χ3v) is 5.94. The maximum absolute atomic E-state index is 4.79. The molecule has 25 heavy (non-hydrogen) atoms. The molecule has 0 amide bonds. The first-order valence-electron chi connectivity index (χ1n) is 9.20. The van der Waals surface area contributed by atoms with E-state index >= 15 is 0 Å². The minimum Gasteiger partial charge on any atom is -0.357 e. The number of aliphatic imine (C=N–C) groups is 1. The van der Waals surface area contributed by atoms with Gasteiger partial charge in [-0.05, 0) is 51.5 Å². The third kappa shape index (κ3) is 4.48. The topological polar surface area (TPSA) is 54.2 Å². The Morgan fingerprint density at radius 3 is 2.96 bits per heavy atom. The largest absolute Gasteiger partial charge is 0.357 e. The SMILES string of the molecule is CCNC(=NCCn1c(C)nc2ccccc21)NC1CCC(SC)C1. The second-order valence-corrected chi connectivity index (χ2v) is 7.71. The summed E-state index contributed by atoms with van der Waals surface area (Å²) in [6.07, 6.45) is 5.99. The van der Waals surface area contributed by atoms with Crippen molar-refractivity contribution in [3.05, 3.63) is 30.1 Å². The van der Waals surface area contributed by atoms with Crippen LogP contribution in [-0.2, 0) is 6.54 Å². The van der Waals surface area contributed by atoms with Crippen molar-refractivity contribution >= 4 is 28.8 Å². The lowest BCUT2D eigenvalue weighted by Crippen LogP contribution is -2.42. The van der Waals surface area contributed by atoms with Gasteiger partial charge in [-0.2, -0.15) is 11.8 Å². The van der Waals surface area contributed by atoms with Gasteiger partial charge in [0.1, 0.15) is 5.82 Å². The highest BCUT2D eigenvalue weighted by Gasteiger charge is 2.24. The van der Waals surface area contributed by atoms with Gasteiger partial charge in [0.25, 0.3) is 0 Å². The second kappa shape index (κ2) is 8.61. The Balaban J connectivity index is 1.62. The quantitative estimate of drug-likeness (QED) is 0.614. The Hall–Kier alpha value is -1.69. The lowest BCUT2D eigenvalue weighted by molar-refractivity contribution is 0.611. The number of hydrogen-bond donors (Lipinski definition) is 2. The van der Waals surface area contributed by atoms with Crippen molar-refractivity contribution in [2.75, 3.05) is 19.3 Å². The van der Waals surface area contributed by atoms with Crippen molar-refractivity contribution in [1.82, 2.24) is 20.2 Å². The predicted molar refractivity (Wildman–Crippen MR) is 109 cm³/mol. The minimum absolute atomic E-state index is 0.547. The molecule has 5 nitrogen and oxygen atoms in total. The molecule has 1 fully saturated rings. The zero-order chi connectivity index (χ0) is 17.6. The fourth-order valence-electron chi connectivity index (χ4n) is 3.54. The molecule has 3 rings (SSSR count). The molecular formula is C19H29N5S. The normalized spacial score (nSPS) is 21.0. The van der Waals surface area contributed by atoms with E-state index in [9.17, 15) is 0 Å². The second-order valence-electron chi connectivity index (χ2n) is 6.57. The number of rotatable bonds is 6. The highest BCUT2D eigenvalue weighted by molar-refractivity contribution is 7.99. The number of thioether (sulfide) groups is 1. The molecule has 6 heteroatoms. The number of fused-ring (bicyclic) bond motifs is 1. The van der Waals surface area contributed by atoms with Gasteiger partial charge in [0, 0.05) is 24.4 Å². The van der Waals surface area contributed by atoms with Crippen LogP contribution in [0.2, 0.25) is 0 Å². The van der Waals surface area contributed by atoms with Gasteiger partial charge in [-0.15, -0.1) is 0 Å². The molecule has 1 heterocycles. The van der Waals surface area contributed by atoms with Crippen LogP contribution in [0.4, 0.5) is 0 Å². The van der Waals surface area contributed by atoms with Crippen LogP contribution in [0.1, 0.15) is 32.0 Å². The van der Waals surface area contributed by atoms with Gasteiger partial charge in [-0.1, -0.05) is 12.1 Å². The van der Waals surface area contributed by atoms with Crippen molar-refractivity contribution in [2.24, 2.45) is 4.99 Å². The van der Waals surface area contributed by atoms with Crippen LogP contribution < -0.4 is 10.6 Å². The van der Waals surface area contributed by atoms with E-state index in [0.717, 1.165) is 42.2 Å². The Labute approximate surface area is 154 Å². The molecule has 2 atom stereocenters. The standard InChI is InChI=1S/C19H29N5S/c1-4-20-19(23-15-9-10-16(13-15)25-3)21-11-12-24-14(2)22-17-7-5-6-8-18(17)24/h5-8,15-16H,4,9-13H2,1-3H3,(H2,20,21,23). The maximum Gasteiger partial charge on any atom is 0.191 e. The zero-order valence-corrected chi connectivity index (χ0v) is 16.3. The average molecular weight is 360 g/mol. The molecule has 2 aromatic rings. The van der Waals surface area contributed by atoms with Crippen LogP contribution in [0.15, 0.2) is 29.3 Å². The maximum atomic E-state index is 4.79. The number of benzene rings is 1. The van der Waals surface area contributed by atoms with E-state index in [1.807, 2.05) is 17.8 Å². The van der Waals surface area contributed by atoms with E-state index in [4.69, 9.17) is 4.99 Å². The lowest BCUT2D eigenvalue weighted by Gasteiger charge is -2.17. The van der Waals surface area contributed by atoms with E-state index in [-0.39, 0.29) is 0 Å². The molecule has 0 saturated heterocycles. The number of aromatic nitrogens is 2. The molecule has 0 bridgehead atoms. The summed E-state index contributed by atoms with van der Waals surface area (Å²) in [5.41, 5.74) is 2.25. The first kappa shape index (κ1) is 18.1. The smallest absolute Gasteiger partial charge is 0.191 e. The van der Waals surface area contributed by atoms with E-state index in [2.05, 4.69) is 58.5 Å². The first-order chi connectivity index (χ1) is 12.2. The van der Waals surface area contributed by atoms with Gasteiger partial charge < -0.3 is 15.2 Å². The summed E-state index contributed by atoms with van der Waals surface area (Å²) < 4.78 is 2.25. The summed E-state index contributed by atoms with van der Waals surface area (Å²) in [4.78, 5) is 9.42. The molecule has 1 aliphatic carbocycles. The number of nitrogens with zero attached hydrogens (tertiary/aromatic N) is 3. The lowest BCUT2D eigenvalue weighted by atomic mass is 10.2. The van der Waals surface area contributed by atoms with Gasteiger partial charge >= 0.3 is 0 Å². The highest BCUT2D eigenvalue weighted by Crippen LogP contribution is 2.28. The number of nitrogens with one attached hydrogen (secondary N) is 2. The van der Waals surface area contributed by atoms with Crippen LogP contribution in [-0.4, -0.2) is 46.1 Å². The Morgan fingerprint density at radius 2 is 2.20 bits per heavy atom. The summed E-state index contributed by atoms with van der Waals surface area (Å²) in [7, 11) is 0. The van der Waals surface area contributed by atoms with Crippen molar-refractivity contribution in [3.8, 4) is 0 Å². The monoisotopic (exact) mass is 359 g/mol. The Bertz CT molecular complexity index is 724. The molecule has 0 radical (unpaired) electrons. The number of aryl methyl sites for hydroxylation is 1. The fraction of sp³-hybridized carbons (Fsp3) is 0.579. The number of para-hydroxylation sites is 2. The van der Waals surface area contributed by atoms with Crippen LogP contribution in [0, 0.1) is 6.92 Å². The Kier molecular flexibility index (Phi) is 6.24. The molecule has 0 spiro atoms. The molecular weight excluding hydrogens is 330 g/mol. The predicted octanol–water partition coefficient (Wildman–Crippen LogP) is 3.18. The van der Waals surface area contributed by atoms with E-state index in [1.54, 1.807) is 0 Å². The van der Waals surface area contributed by atoms with Gasteiger partial charge in [-0.3, -0.25) is 4.99 Å². The number of hydrogen-bond acceptors (Lipinski definition) is 3. The first-order valence-corrected chi connectivity index (χ1v) is 10.5. The number of imidazole rings is 1. The van der Waals surface area contributed by atoms with Crippen molar-refractivity contribution in [1.29, 1.82) is 0 Å².